The number of hydrogen-bond acceptors (Lipinski definition) is 2. The molecule has 3 nitrogen and oxygen atoms in total. The average molecular weight is 278 g/mol. The number of aliphatic hydroxyl groups excluding tert-OH is 1. The monoisotopic (exact) mass is 278 g/mol. The fourth-order valence-corrected chi connectivity index (χ4v) is 3.12. The molecule has 1 aromatic carbocycles. The number of hydrogen-bond donors (Lipinski definition) is 2. The van der Waals surface area contributed by atoms with Gasteiger partial charge in [0.2, 0.25) is 0 Å². The minimum atomic E-state index is -0.379. The Morgan fingerprint density at radius 3 is 2.90 bits per heavy atom. The lowest BCUT2D eigenvalue weighted by Gasteiger charge is -2.29. The molecule has 2 rings (SSSR count). The van der Waals surface area contributed by atoms with Gasteiger partial charge in [-0.15, -0.1) is 0 Å². The van der Waals surface area contributed by atoms with Crippen LogP contribution in [0.25, 0.3) is 0 Å². The molecule has 0 radical (unpaired) electrons. The first-order valence-electron chi connectivity index (χ1n) is 7.76. The molecular formula is C17H28NO2+. The minimum absolute atomic E-state index is 0.379. The Kier molecular flexibility index (Phi) is 5.44. The highest BCUT2D eigenvalue weighted by Gasteiger charge is 2.22. The minimum Gasteiger partial charge on any atom is -0.490 e. The number of benzene rings is 1. The normalized spacial score (nSPS) is 24.4. The molecule has 1 fully saturated rings. The summed E-state index contributed by atoms with van der Waals surface area (Å²) in [5.41, 5.74) is 2.37. The van der Waals surface area contributed by atoms with E-state index in [0.717, 1.165) is 23.8 Å². The molecule has 1 heterocycles. The quantitative estimate of drug-likeness (QED) is 0.853. The molecule has 1 unspecified atom stereocenters. The van der Waals surface area contributed by atoms with Crippen molar-refractivity contribution in [2.75, 3.05) is 26.2 Å². The predicted octanol–water partition coefficient (Wildman–Crippen LogP) is 1.36. The SMILES string of the molecule is Cc1ccc(OC[C@H](O)C[NH+]2CCC[C@H](C)C2)c(C)c1. The Morgan fingerprint density at radius 2 is 2.20 bits per heavy atom. The number of ether oxygens (including phenoxy) is 1. The third-order valence-electron chi connectivity index (χ3n) is 4.15. The van der Waals surface area contributed by atoms with Crippen LogP contribution in [-0.2, 0) is 0 Å². The highest BCUT2D eigenvalue weighted by molar-refractivity contribution is 5.35. The van der Waals surface area contributed by atoms with Gasteiger partial charge in [0.1, 0.15) is 25.0 Å². The lowest BCUT2D eigenvalue weighted by Crippen LogP contribution is -3.14. The zero-order chi connectivity index (χ0) is 14.5. The van der Waals surface area contributed by atoms with Gasteiger partial charge in [-0.1, -0.05) is 24.6 Å². The topological polar surface area (TPSA) is 33.9 Å². The Balaban J connectivity index is 1.78. The van der Waals surface area contributed by atoms with Crippen molar-refractivity contribution in [2.24, 2.45) is 5.92 Å². The fraction of sp³-hybridized carbons (Fsp3) is 0.647. The maximum absolute atomic E-state index is 10.1. The first-order valence-corrected chi connectivity index (χ1v) is 7.76. The smallest absolute Gasteiger partial charge is 0.137 e. The molecule has 3 atom stereocenters. The zero-order valence-corrected chi connectivity index (χ0v) is 13.0. The van der Waals surface area contributed by atoms with Crippen molar-refractivity contribution in [3.05, 3.63) is 29.3 Å². The summed E-state index contributed by atoms with van der Waals surface area (Å²) in [7, 11) is 0. The van der Waals surface area contributed by atoms with Crippen LogP contribution < -0.4 is 9.64 Å². The van der Waals surface area contributed by atoms with Crippen molar-refractivity contribution < 1.29 is 14.7 Å². The Labute approximate surface area is 122 Å². The molecule has 3 heteroatoms. The van der Waals surface area contributed by atoms with Gasteiger partial charge in [0.05, 0.1) is 13.1 Å². The fourth-order valence-electron chi connectivity index (χ4n) is 3.12. The van der Waals surface area contributed by atoms with E-state index in [4.69, 9.17) is 4.74 Å². The lowest BCUT2D eigenvalue weighted by molar-refractivity contribution is -0.911. The van der Waals surface area contributed by atoms with Crippen molar-refractivity contribution in [2.45, 2.75) is 39.7 Å². The lowest BCUT2D eigenvalue weighted by atomic mass is 10.0. The summed E-state index contributed by atoms with van der Waals surface area (Å²) >= 11 is 0. The summed E-state index contributed by atoms with van der Waals surface area (Å²) in [5, 5.41) is 10.1. The second kappa shape index (κ2) is 7.09. The van der Waals surface area contributed by atoms with Gasteiger partial charge < -0.3 is 14.7 Å². The van der Waals surface area contributed by atoms with E-state index in [1.165, 1.54) is 36.4 Å². The van der Waals surface area contributed by atoms with E-state index in [9.17, 15) is 5.11 Å². The molecule has 1 aromatic rings. The van der Waals surface area contributed by atoms with Crippen LogP contribution in [0.4, 0.5) is 0 Å². The molecule has 0 aromatic heterocycles. The highest BCUT2D eigenvalue weighted by atomic mass is 16.5. The number of quaternary nitrogens is 1. The Hall–Kier alpha value is -1.06. The predicted molar refractivity (Wildman–Crippen MR) is 81.4 cm³/mol. The van der Waals surface area contributed by atoms with Crippen LogP contribution in [0.5, 0.6) is 5.75 Å². The van der Waals surface area contributed by atoms with Crippen LogP contribution in [0.1, 0.15) is 30.9 Å². The van der Waals surface area contributed by atoms with E-state index in [0.29, 0.717) is 6.61 Å². The summed E-state index contributed by atoms with van der Waals surface area (Å²) in [4.78, 5) is 1.51. The molecule has 0 spiro atoms. The second-order valence-electron chi connectivity index (χ2n) is 6.39. The standard InChI is InChI=1S/C17H27NO2/c1-13-6-7-17(15(3)9-13)20-12-16(19)11-18-8-4-5-14(2)10-18/h6-7,9,14,16,19H,4-5,8,10-12H2,1-3H3/p+1/t14-,16+/m0/s1. The summed E-state index contributed by atoms with van der Waals surface area (Å²) in [6.07, 6.45) is 2.23. The van der Waals surface area contributed by atoms with Gasteiger partial charge in [-0.2, -0.15) is 0 Å². The van der Waals surface area contributed by atoms with Crippen LogP contribution in [0, 0.1) is 19.8 Å². The third-order valence-corrected chi connectivity index (χ3v) is 4.15. The molecule has 1 aliphatic rings. The number of likely N-dealkylation sites (tertiary alicyclic amines) is 1. The first-order chi connectivity index (χ1) is 9.54. The maximum atomic E-state index is 10.1. The molecule has 112 valence electrons. The van der Waals surface area contributed by atoms with E-state index < -0.39 is 0 Å². The van der Waals surface area contributed by atoms with Crippen molar-refractivity contribution in [3.63, 3.8) is 0 Å². The van der Waals surface area contributed by atoms with Gasteiger partial charge in [-0.25, -0.2) is 0 Å². The summed E-state index contributed by atoms with van der Waals surface area (Å²) in [6.45, 7) is 9.99. The van der Waals surface area contributed by atoms with Crippen LogP contribution in [-0.4, -0.2) is 37.5 Å². The molecule has 20 heavy (non-hydrogen) atoms. The van der Waals surface area contributed by atoms with Gasteiger partial charge in [0.15, 0.2) is 0 Å². The second-order valence-corrected chi connectivity index (χ2v) is 6.39. The molecule has 1 aliphatic heterocycles. The molecule has 1 saturated heterocycles. The summed E-state index contributed by atoms with van der Waals surface area (Å²) in [6, 6.07) is 6.15. The number of piperidine rings is 1. The summed E-state index contributed by atoms with van der Waals surface area (Å²) in [5.74, 6) is 1.67. The van der Waals surface area contributed by atoms with Crippen LogP contribution >= 0.6 is 0 Å². The number of rotatable bonds is 5. The number of aryl methyl sites for hydroxylation is 2. The average Bonchev–Trinajstić information content (AvgIpc) is 2.37. The molecule has 0 bridgehead atoms. The van der Waals surface area contributed by atoms with Gasteiger partial charge in [-0.05, 0) is 38.3 Å². The number of aliphatic hydroxyl groups is 1. The maximum Gasteiger partial charge on any atom is 0.137 e. The third kappa shape index (κ3) is 4.50. The van der Waals surface area contributed by atoms with Gasteiger partial charge in [0.25, 0.3) is 0 Å². The van der Waals surface area contributed by atoms with Crippen molar-refractivity contribution >= 4 is 0 Å². The van der Waals surface area contributed by atoms with Gasteiger partial charge in [-0.3, -0.25) is 0 Å². The Morgan fingerprint density at radius 1 is 1.40 bits per heavy atom. The molecular weight excluding hydrogens is 250 g/mol. The largest absolute Gasteiger partial charge is 0.490 e. The van der Waals surface area contributed by atoms with E-state index >= 15 is 0 Å². The van der Waals surface area contributed by atoms with Crippen LogP contribution in [0.15, 0.2) is 18.2 Å². The van der Waals surface area contributed by atoms with Gasteiger partial charge in [0, 0.05) is 5.92 Å². The van der Waals surface area contributed by atoms with Crippen molar-refractivity contribution in [1.82, 2.24) is 0 Å². The van der Waals surface area contributed by atoms with Crippen molar-refractivity contribution in [1.29, 1.82) is 0 Å². The van der Waals surface area contributed by atoms with Crippen LogP contribution in [0.2, 0.25) is 0 Å². The van der Waals surface area contributed by atoms with Crippen molar-refractivity contribution in [3.8, 4) is 5.75 Å². The zero-order valence-electron chi connectivity index (χ0n) is 13.0. The van der Waals surface area contributed by atoms with E-state index in [1.54, 1.807) is 0 Å². The Bertz CT molecular complexity index is 433. The molecule has 2 N–H and O–H groups in total. The van der Waals surface area contributed by atoms with E-state index in [1.807, 2.05) is 19.1 Å². The van der Waals surface area contributed by atoms with E-state index in [2.05, 4.69) is 19.9 Å². The molecule has 0 amide bonds. The highest BCUT2D eigenvalue weighted by Crippen LogP contribution is 2.18. The summed E-state index contributed by atoms with van der Waals surface area (Å²) < 4.78 is 5.76. The molecule has 0 saturated carbocycles. The first kappa shape index (κ1) is 15.3. The van der Waals surface area contributed by atoms with Crippen LogP contribution in [0.3, 0.4) is 0 Å². The number of nitrogens with one attached hydrogen (secondary N) is 1. The molecule has 0 aliphatic carbocycles. The van der Waals surface area contributed by atoms with E-state index in [-0.39, 0.29) is 6.10 Å². The van der Waals surface area contributed by atoms with Gasteiger partial charge >= 0.3 is 0 Å².